The molecule has 0 aliphatic heterocycles. The molecule has 0 saturated carbocycles. The summed E-state index contributed by atoms with van der Waals surface area (Å²) in [6, 6.07) is 5.45. The van der Waals surface area contributed by atoms with Gasteiger partial charge < -0.3 is 10.6 Å². The Balaban J connectivity index is 2.42. The van der Waals surface area contributed by atoms with E-state index in [2.05, 4.69) is 15.6 Å². The van der Waals surface area contributed by atoms with Crippen molar-refractivity contribution in [2.24, 2.45) is 0 Å². The first-order valence-corrected chi connectivity index (χ1v) is 5.19. The minimum atomic E-state index is -0.144. The Kier molecular flexibility index (Phi) is 4.60. The summed E-state index contributed by atoms with van der Waals surface area (Å²) in [5.74, 6) is 0. The minimum Gasteiger partial charge on any atom is -0.338 e. The highest BCUT2D eigenvalue weighted by molar-refractivity contribution is 5.74. The van der Waals surface area contributed by atoms with Crippen LogP contribution in [-0.4, -0.2) is 17.6 Å². The van der Waals surface area contributed by atoms with Crippen LogP contribution in [0.3, 0.4) is 0 Å². The Morgan fingerprint density at radius 1 is 1.53 bits per heavy atom. The molecule has 1 atom stereocenters. The first-order chi connectivity index (χ1) is 7.24. The molecule has 2 N–H and O–H groups in total. The lowest BCUT2D eigenvalue weighted by molar-refractivity contribution is 0.237. The molecule has 1 heterocycles. The fourth-order valence-electron chi connectivity index (χ4n) is 1.19. The number of urea groups is 1. The summed E-state index contributed by atoms with van der Waals surface area (Å²) < 4.78 is 0. The topological polar surface area (TPSA) is 54.0 Å². The number of rotatable bonds is 4. The van der Waals surface area contributed by atoms with Crippen molar-refractivity contribution < 1.29 is 4.79 Å². The maximum atomic E-state index is 11.3. The third-order valence-electron chi connectivity index (χ3n) is 2.01. The molecule has 0 saturated heterocycles. The van der Waals surface area contributed by atoms with Crippen LogP contribution in [0.2, 0.25) is 0 Å². The van der Waals surface area contributed by atoms with E-state index in [1.807, 2.05) is 32.0 Å². The highest BCUT2D eigenvalue weighted by Gasteiger charge is 2.08. The largest absolute Gasteiger partial charge is 0.338 e. The summed E-state index contributed by atoms with van der Waals surface area (Å²) in [7, 11) is 0. The molecule has 0 aliphatic rings. The molecule has 1 rings (SSSR count). The highest BCUT2D eigenvalue weighted by Crippen LogP contribution is 2.06. The van der Waals surface area contributed by atoms with Crippen molar-refractivity contribution in [1.29, 1.82) is 0 Å². The number of hydrogen-bond donors (Lipinski definition) is 2. The van der Waals surface area contributed by atoms with Gasteiger partial charge in [-0.15, -0.1) is 0 Å². The number of carbonyl (C=O) groups is 1. The zero-order valence-corrected chi connectivity index (χ0v) is 9.16. The van der Waals surface area contributed by atoms with Gasteiger partial charge >= 0.3 is 6.03 Å². The van der Waals surface area contributed by atoms with E-state index in [-0.39, 0.29) is 12.1 Å². The lowest BCUT2D eigenvalue weighted by atomic mass is 10.2. The van der Waals surface area contributed by atoms with E-state index in [9.17, 15) is 4.79 Å². The Bertz CT molecular complexity index is 300. The molecule has 15 heavy (non-hydrogen) atoms. The second-order valence-corrected chi connectivity index (χ2v) is 3.38. The van der Waals surface area contributed by atoms with Gasteiger partial charge in [-0.3, -0.25) is 4.98 Å². The zero-order valence-electron chi connectivity index (χ0n) is 9.16. The standard InChI is InChI=1S/C11H17N3O/c1-3-7-13-11(15)14-9(2)10-6-4-5-8-12-10/h4-6,8-9H,3,7H2,1-2H3,(H2,13,14,15)/t9-/m0/s1. The molecule has 0 bridgehead atoms. The van der Waals surface area contributed by atoms with Crippen LogP contribution in [0.15, 0.2) is 24.4 Å². The predicted molar refractivity (Wildman–Crippen MR) is 59.5 cm³/mol. The van der Waals surface area contributed by atoms with Crippen molar-refractivity contribution in [2.75, 3.05) is 6.54 Å². The van der Waals surface area contributed by atoms with Crippen LogP contribution < -0.4 is 10.6 Å². The number of pyridine rings is 1. The SMILES string of the molecule is CCCNC(=O)N[C@@H](C)c1ccccn1. The first-order valence-electron chi connectivity index (χ1n) is 5.19. The lowest BCUT2D eigenvalue weighted by Gasteiger charge is -2.13. The molecule has 0 aliphatic carbocycles. The molecule has 82 valence electrons. The van der Waals surface area contributed by atoms with Crippen LogP contribution in [0.25, 0.3) is 0 Å². The van der Waals surface area contributed by atoms with Crippen molar-refractivity contribution in [3.05, 3.63) is 30.1 Å². The van der Waals surface area contributed by atoms with Gasteiger partial charge in [-0.2, -0.15) is 0 Å². The van der Waals surface area contributed by atoms with Gasteiger partial charge in [0.15, 0.2) is 0 Å². The molecule has 4 heteroatoms. The van der Waals surface area contributed by atoms with Crippen LogP contribution in [-0.2, 0) is 0 Å². The van der Waals surface area contributed by atoms with Gasteiger partial charge in [0.1, 0.15) is 0 Å². The quantitative estimate of drug-likeness (QED) is 0.791. The van der Waals surface area contributed by atoms with Crippen molar-refractivity contribution in [2.45, 2.75) is 26.3 Å². The monoisotopic (exact) mass is 207 g/mol. The Morgan fingerprint density at radius 3 is 2.93 bits per heavy atom. The zero-order chi connectivity index (χ0) is 11.1. The average Bonchev–Trinajstić information content (AvgIpc) is 2.27. The van der Waals surface area contributed by atoms with Gasteiger partial charge in [-0.25, -0.2) is 4.79 Å². The lowest BCUT2D eigenvalue weighted by Crippen LogP contribution is -2.37. The fraction of sp³-hybridized carbons (Fsp3) is 0.455. The molecule has 0 fully saturated rings. The van der Waals surface area contributed by atoms with E-state index in [1.165, 1.54) is 0 Å². The molecule has 1 aromatic rings. The molecule has 0 spiro atoms. The number of hydrogen-bond acceptors (Lipinski definition) is 2. The summed E-state index contributed by atoms with van der Waals surface area (Å²) >= 11 is 0. The molecule has 2 amide bonds. The summed E-state index contributed by atoms with van der Waals surface area (Å²) in [5.41, 5.74) is 0.865. The minimum absolute atomic E-state index is 0.0666. The van der Waals surface area contributed by atoms with E-state index in [4.69, 9.17) is 0 Å². The van der Waals surface area contributed by atoms with Gasteiger partial charge in [0.25, 0.3) is 0 Å². The maximum absolute atomic E-state index is 11.3. The van der Waals surface area contributed by atoms with Crippen molar-refractivity contribution in [3.8, 4) is 0 Å². The van der Waals surface area contributed by atoms with Crippen LogP contribution >= 0.6 is 0 Å². The van der Waals surface area contributed by atoms with E-state index in [0.717, 1.165) is 12.1 Å². The van der Waals surface area contributed by atoms with E-state index < -0.39 is 0 Å². The molecule has 0 aromatic carbocycles. The number of carbonyl (C=O) groups excluding carboxylic acids is 1. The van der Waals surface area contributed by atoms with E-state index >= 15 is 0 Å². The Hall–Kier alpha value is -1.58. The summed E-state index contributed by atoms with van der Waals surface area (Å²) in [6.45, 7) is 4.62. The molecular weight excluding hydrogens is 190 g/mol. The van der Waals surface area contributed by atoms with Gasteiger partial charge in [0.05, 0.1) is 11.7 Å². The van der Waals surface area contributed by atoms with Gasteiger partial charge in [0.2, 0.25) is 0 Å². The predicted octanol–water partition coefficient (Wildman–Crippen LogP) is 1.85. The Morgan fingerprint density at radius 2 is 2.33 bits per heavy atom. The number of amides is 2. The molecule has 0 unspecified atom stereocenters. The second-order valence-electron chi connectivity index (χ2n) is 3.38. The van der Waals surface area contributed by atoms with Gasteiger partial charge in [-0.1, -0.05) is 13.0 Å². The van der Waals surface area contributed by atoms with Crippen molar-refractivity contribution in [1.82, 2.24) is 15.6 Å². The Labute approximate surface area is 90.1 Å². The first kappa shape index (κ1) is 11.5. The fourth-order valence-corrected chi connectivity index (χ4v) is 1.19. The van der Waals surface area contributed by atoms with Crippen LogP contribution in [0.1, 0.15) is 32.0 Å². The van der Waals surface area contributed by atoms with Crippen molar-refractivity contribution >= 4 is 6.03 Å². The van der Waals surface area contributed by atoms with Gasteiger partial charge in [0, 0.05) is 12.7 Å². The summed E-state index contributed by atoms with van der Waals surface area (Å²) in [4.78, 5) is 15.5. The smallest absolute Gasteiger partial charge is 0.315 e. The second kappa shape index (κ2) is 6.01. The molecular formula is C11H17N3O. The van der Waals surface area contributed by atoms with Crippen LogP contribution in [0.5, 0.6) is 0 Å². The number of nitrogens with one attached hydrogen (secondary N) is 2. The van der Waals surface area contributed by atoms with E-state index in [1.54, 1.807) is 6.20 Å². The molecule has 4 nitrogen and oxygen atoms in total. The number of nitrogens with zero attached hydrogens (tertiary/aromatic N) is 1. The maximum Gasteiger partial charge on any atom is 0.315 e. The van der Waals surface area contributed by atoms with Crippen LogP contribution in [0, 0.1) is 0 Å². The molecule has 0 radical (unpaired) electrons. The van der Waals surface area contributed by atoms with Crippen LogP contribution in [0.4, 0.5) is 4.79 Å². The highest BCUT2D eigenvalue weighted by atomic mass is 16.2. The normalized spacial score (nSPS) is 11.9. The third-order valence-corrected chi connectivity index (χ3v) is 2.01. The third kappa shape index (κ3) is 3.97. The summed E-state index contributed by atoms with van der Waals surface area (Å²) in [6.07, 6.45) is 2.66. The van der Waals surface area contributed by atoms with E-state index in [0.29, 0.717) is 6.54 Å². The van der Waals surface area contributed by atoms with Crippen molar-refractivity contribution in [3.63, 3.8) is 0 Å². The van der Waals surface area contributed by atoms with Gasteiger partial charge in [-0.05, 0) is 25.5 Å². The molecule has 1 aromatic heterocycles. The average molecular weight is 207 g/mol. The summed E-state index contributed by atoms with van der Waals surface area (Å²) in [5, 5.41) is 5.57. The number of aromatic nitrogens is 1.